The summed E-state index contributed by atoms with van der Waals surface area (Å²) in [6.45, 7) is 5.54. The average Bonchev–Trinajstić information content (AvgIpc) is 2.74. The minimum Gasteiger partial charge on any atom is -0.328 e. The van der Waals surface area contributed by atoms with E-state index >= 15 is 0 Å². The minimum atomic E-state index is 0.00500. The van der Waals surface area contributed by atoms with E-state index in [9.17, 15) is 9.59 Å². The van der Waals surface area contributed by atoms with E-state index in [1.807, 2.05) is 13.8 Å². The molecule has 0 atom stereocenters. The number of hydrogen-bond acceptors (Lipinski definition) is 3. The van der Waals surface area contributed by atoms with Gasteiger partial charge in [-0.2, -0.15) is 0 Å². The second-order valence-corrected chi connectivity index (χ2v) is 4.61. The van der Waals surface area contributed by atoms with Gasteiger partial charge in [-0.25, -0.2) is 0 Å². The highest BCUT2D eigenvalue weighted by molar-refractivity contribution is 8.13. The van der Waals surface area contributed by atoms with Gasteiger partial charge in [0.2, 0.25) is 0 Å². The van der Waals surface area contributed by atoms with E-state index < -0.39 is 0 Å². The smallest absolute Gasteiger partial charge is 0.251 e. The lowest BCUT2D eigenvalue weighted by atomic mass is 10.2. The van der Waals surface area contributed by atoms with Crippen LogP contribution in [0.5, 0.6) is 0 Å². The van der Waals surface area contributed by atoms with E-state index in [4.69, 9.17) is 0 Å². The predicted octanol–water partition coefficient (Wildman–Crippen LogP) is 2.53. The van der Waals surface area contributed by atoms with Gasteiger partial charge < -0.3 is 4.98 Å². The number of fused-ring (bicyclic) bond motifs is 1. The number of rotatable bonds is 1. The molecule has 1 N–H and O–H groups in total. The summed E-state index contributed by atoms with van der Waals surface area (Å²) in [6, 6.07) is 0. The van der Waals surface area contributed by atoms with E-state index in [1.165, 1.54) is 18.7 Å². The summed E-state index contributed by atoms with van der Waals surface area (Å²) in [5.41, 5.74) is 1.95. The van der Waals surface area contributed by atoms with E-state index in [1.54, 1.807) is 6.20 Å². The number of aromatic amines is 1. The SMILES string of the molecule is CC.CC(=O)Sc1c[nH]c(=O)c2c1CCC2. The number of carbonyl (C=O) groups is 1. The molecule has 0 saturated heterocycles. The summed E-state index contributed by atoms with van der Waals surface area (Å²) < 4.78 is 0. The molecule has 2 rings (SSSR count). The van der Waals surface area contributed by atoms with Crippen LogP contribution in [0.1, 0.15) is 38.3 Å². The molecule has 0 amide bonds. The Morgan fingerprint density at radius 3 is 2.56 bits per heavy atom. The molecule has 1 aromatic heterocycles. The van der Waals surface area contributed by atoms with Crippen molar-refractivity contribution in [3.05, 3.63) is 27.7 Å². The normalized spacial score (nSPS) is 12.7. The highest BCUT2D eigenvalue weighted by Crippen LogP contribution is 2.29. The number of hydrogen-bond donors (Lipinski definition) is 1. The zero-order valence-corrected chi connectivity index (χ0v) is 10.7. The molecule has 0 radical (unpaired) electrons. The second-order valence-electron chi connectivity index (χ2n) is 3.39. The zero-order valence-electron chi connectivity index (χ0n) is 9.92. The van der Waals surface area contributed by atoms with Crippen molar-refractivity contribution in [1.82, 2.24) is 4.98 Å². The summed E-state index contributed by atoms with van der Waals surface area (Å²) in [5, 5.41) is 0.0612. The Morgan fingerprint density at radius 1 is 1.31 bits per heavy atom. The highest BCUT2D eigenvalue weighted by atomic mass is 32.2. The van der Waals surface area contributed by atoms with E-state index in [-0.39, 0.29) is 10.7 Å². The Labute approximate surface area is 99.7 Å². The van der Waals surface area contributed by atoms with Crippen molar-refractivity contribution in [2.45, 2.75) is 44.9 Å². The number of nitrogens with one attached hydrogen (secondary N) is 1. The molecular weight excluding hydrogens is 222 g/mol. The number of H-pyrrole nitrogens is 1. The molecule has 0 spiro atoms. The van der Waals surface area contributed by atoms with Crippen molar-refractivity contribution in [1.29, 1.82) is 0 Å². The molecule has 0 aromatic carbocycles. The van der Waals surface area contributed by atoms with Gasteiger partial charge in [-0.1, -0.05) is 25.6 Å². The standard InChI is InChI=1S/C10H11NO2S.C2H6/c1-6(12)14-9-5-11-10(13)8-4-2-3-7(8)9;1-2/h5H,2-4H2,1H3,(H,11,13);1-2H3. The van der Waals surface area contributed by atoms with Gasteiger partial charge in [0.25, 0.3) is 5.56 Å². The maximum absolute atomic E-state index is 11.4. The van der Waals surface area contributed by atoms with Gasteiger partial charge >= 0.3 is 0 Å². The van der Waals surface area contributed by atoms with E-state index in [2.05, 4.69) is 4.98 Å². The van der Waals surface area contributed by atoms with Crippen LogP contribution in [0.2, 0.25) is 0 Å². The molecule has 0 saturated carbocycles. The maximum Gasteiger partial charge on any atom is 0.251 e. The van der Waals surface area contributed by atoms with Crippen LogP contribution in [0.25, 0.3) is 0 Å². The summed E-state index contributed by atoms with van der Waals surface area (Å²) >= 11 is 1.20. The molecule has 16 heavy (non-hydrogen) atoms. The summed E-state index contributed by atoms with van der Waals surface area (Å²) in [6.07, 6.45) is 4.44. The molecule has 0 bridgehead atoms. The number of aromatic nitrogens is 1. The Balaban J connectivity index is 0.000000606. The summed E-state index contributed by atoms with van der Waals surface area (Å²) in [5.74, 6) is 0. The molecule has 3 nitrogen and oxygen atoms in total. The minimum absolute atomic E-state index is 0.00500. The Bertz CT molecular complexity index is 437. The first-order valence-electron chi connectivity index (χ1n) is 5.60. The van der Waals surface area contributed by atoms with Crippen LogP contribution in [0.15, 0.2) is 15.9 Å². The largest absolute Gasteiger partial charge is 0.328 e. The molecule has 1 aromatic rings. The van der Waals surface area contributed by atoms with Crippen molar-refractivity contribution in [3.63, 3.8) is 0 Å². The first-order valence-corrected chi connectivity index (χ1v) is 6.42. The van der Waals surface area contributed by atoms with Crippen LogP contribution < -0.4 is 5.56 Å². The van der Waals surface area contributed by atoms with E-state index in [0.717, 1.165) is 35.3 Å². The molecule has 1 aliphatic carbocycles. The van der Waals surface area contributed by atoms with Crippen LogP contribution in [-0.2, 0) is 17.6 Å². The Kier molecular flexibility index (Phi) is 4.80. The first kappa shape index (κ1) is 13.0. The third-order valence-corrected chi connectivity index (χ3v) is 3.25. The third kappa shape index (κ3) is 2.76. The fraction of sp³-hybridized carbons (Fsp3) is 0.500. The molecule has 88 valence electrons. The summed E-state index contributed by atoms with van der Waals surface area (Å²) in [7, 11) is 0. The van der Waals surface area contributed by atoms with Crippen molar-refractivity contribution >= 4 is 16.9 Å². The van der Waals surface area contributed by atoms with Crippen LogP contribution >= 0.6 is 11.8 Å². The van der Waals surface area contributed by atoms with Crippen molar-refractivity contribution in [3.8, 4) is 0 Å². The lowest BCUT2D eigenvalue weighted by molar-refractivity contribution is -0.109. The quantitative estimate of drug-likeness (QED) is 0.766. The van der Waals surface area contributed by atoms with Gasteiger partial charge in [-0.15, -0.1) is 0 Å². The van der Waals surface area contributed by atoms with Crippen LogP contribution in [-0.4, -0.2) is 10.1 Å². The fourth-order valence-corrected chi connectivity index (χ4v) is 2.59. The van der Waals surface area contributed by atoms with Gasteiger partial charge in [0, 0.05) is 23.6 Å². The van der Waals surface area contributed by atoms with Gasteiger partial charge in [-0.3, -0.25) is 9.59 Å². The fourth-order valence-electron chi connectivity index (χ4n) is 1.82. The van der Waals surface area contributed by atoms with Gasteiger partial charge in [0.05, 0.1) is 0 Å². The van der Waals surface area contributed by atoms with Gasteiger partial charge in [0.1, 0.15) is 0 Å². The Morgan fingerprint density at radius 2 is 1.94 bits per heavy atom. The number of carbonyl (C=O) groups excluding carboxylic acids is 1. The molecule has 1 aliphatic rings. The molecule has 0 fully saturated rings. The zero-order chi connectivity index (χ0) is 12.1. The number of pyridine rings is 1. The lowest BCUT2D eigenvalue weighted by Gasteiger charge is -2.04. The van der Waals surface area contributed by atoms with Gasteiger partial charge in [-0.05, 0) is 24.8 Å². The van der Waals surface area contributed by atoms with Crippen molar-refractivity contribution < 1.29 is 4.79 Å². The molecular formula is C12H17NO2S. The molecule has 0 unspecified atom stereocenters. The molecule has 0 aliphatic heterocycles. The number of thioether (sulfide) groups is 1. The van der Waals surface area contributed by atoms with Crippen LogP contribution in [0, 0.1) is 0 Å². The monoisotopic (exact) mass is 239 g/mol. The summed E-state index contributed by atoms with van der Waals surface area (Å²) in [4.78, 5) is 26.0. The van der Waals surface area contributed by atoms with Crippen molar-refractivity contribution in [2.75, 3.05) is 0 Å². The lowest BCUT2D eigenvalue weighted by Crippen LogP contribution is -2.12. The van der Waals surface area contributed by atoms with Crippen LogP contribution in [0.3, 0.4) is 0 Å². The molecule has 4 heteroatoms. The maximum atomic E-state index is 11.4. The topological polar surface area (TPSA) is 49.9 Å². The average molecular weight is 239 g/mol. The highest BCUT2D eigenvalue weighted by Gasteiger charge is 2.18. The third-order valence-electron chi connectivity index (χ3n) is 2.38. The molecule has 1 heterocycles. The second kappa shape index (κ2) is 5.89. The van der Waals surface area contributed by atoms with Crippen LogP contribution in [0.4, 0.5) is 0 Å². The van der Waals surface area contributed by atoms with Gasteiger partial charge in [0.15, 0.2) is 5.12 Å². The van der Waals surface area contributed by atoms with Crippen molar-refractivity contribution in [2.24, 2.45) is 0 Å². The van der Waals surface area contributed by atoms with E-state index in [0.29, 0.717) is 0 Å². The first-order chi connectivity index (χ1) is 7.68. The predicted molar refractivity (Wildman–Crippen MR) is 67.0 cm³/mol. The Hall–Kier alpha value is -1.03.